The number of hydrogen-bond acceptors (Lipinski definition) is 4. The van der Waals surface area contributed by atoms with Crippen LogP contribution < -0.4 is 10.1 Å². The molecule has 5 nitrogen and oxygen atoms in total. The van der Waals surface area contributed by atoms with E-state index in [1.807, 2.05) is 18.2 Å². The van der Waals surface area contributed by atoms with Crippen molar-refractivity contribution in [3.05, 3.63) is 62.6 Å². The monoisotopic (exact) mass is 336 g/mol. The molecule has 0 radical (unpaired) electrons. The van der Waals surface area contributed by atoms with Gasteiger partial charge >= 0.3 is 0 Å². The highest BCUT2D eigenvalue weighted by atomic mass is 79.9. The molecule has 0 fully saturated rings. The van der Waals surface area contributed by atoms with Crippen molar-refractivity contribution in [2.24, 2.45) is 0 Å². The smallest absolute Gasteiger partial charge is 0.292 e. The van der Waals surface area contributed by atoms with E-state index in [2.05, 4.69) is 21.2 Å². The summed E-state index contributed by atoms with van der Waals surface area (Å²) < 4.78 is 6.01. The number of benzene rings is 2. The van der Waals surface area contributed by atoms with E-state index in [-0.39, 0.29) is 5.69 Å². The zero-order valence-corrected chi connectivity index (χ0v) is 12.4. The molecule has 1 N–H and O–H groups in total. The van der Waals surface area contributed by atoms with Gasteiger partial charge in [-0.2, -0.15) is 0 Å². The zero-order chi connectivity index (χ0) is 14.5. The number of hydrogen-bond donors (Lipinski definition) is 1. The molecule has 2 aromatic carbocycles. The molecule has 0 saturated heterocycles. The first-order valence-corrected chi connectivity index (χ1v) is 6.71. The third-order valence-electron chi connectivity index (χ3n) is 2.80. The Kier molecular flexibility index (Phi) is 4.57. The summed E-state index contributed by atoms with van der Waals surface area (Å²) in [6.07, 6.45) is 0. The van der Waals surface area contributed by atoms with Crippen molar-refractivity contribution < 1.29 is 9.66 Å². The van der Waals surface area contributed by atoms with Crippen LogP contribution in [0.2, 0.25) is 0 Å². The molecule has 0 spiro atoms. The van der Waals surface area contributed by atoms with E-state index in [9.17, 15) is 10.1 Å². The lowest BCUT2D eigenvalue weighted by Crippen LogP contribution is -2.02. The number of nitro benzene ring substituents is 1. The van der Waals surface area contributed by atoms with Gasteiger partial charge in [-0.25, -0.2) is 0 Å². The Morgan fingerprint density at radius 3 is 2.70 bits per heavy atom. The molecule has 0 bridgehead atoms. The standard InChI is InChI=1S/C14H13BrN2O3/c1-20-14-7-6-10(8-11(14)15)9-16-12-4-2-3-5-13(12)17(18)19/h2-8,16H,9H2,1H3. The Balaban J connectivity index is 2.13. The SMILES string of the molecule is COc1ccc(CNc2ccccc2[N+](=O)[O-])cc1Br. The minimum Gasteiger partial charge on any atom is -0.496 e. The Morgan fingerprint density at radius 2 is 2.05 bits per heavy atom. The molecule has 6 heteroatoms. The molecular weight excluding hydrogens is 324 g/mol. The molecule has 2 rings (SSSR count). The summed E-state index contributed by atoms with van der Waals surface area (Å²) >= 11 is 3.41. The van der Waals surface area contributed by atoms with E-state index < -0.39 is 4.92 Å². The van der Waals surface area contributed by atoms with Crippen molar-refractivity contribution in [2.45, 2.75) is 6.54 Å². The average molecular weight is 337 g/mol. The van der Waals surface area contributed by atoms with Crippen molar-refractivity contribution in [1.82, 2.24) is 0 Å². The van der Waals surface area contributed by atoms with Crippen LogP contribution in [0.15, 0.2) is 46.9 Å². The number of nitro groups is 1. The zero-order valence-electron chi connectivity index (χ0n) is 10.8. The first-order valence-electron chi connectivity index (χ1n) is 5.91. The molecule has 0 amide bonds. The highest BCUT2D eigenvalue weighted by Gasteiger charge is 2.11. The second kappa shape index (κ2) is 6.38. The summed E-state index contributed by atoms with van der Waals surface area (Å²) in [7, 11) is 1.60. The Morgan fingerprint density at radius 1 is 1.30 bits per heavy atom. The molecular formula is C14H13BrN2O3. The van der Waals surface area contributed by atoms with Crippen molar-refractivity contribution in [3.63, 3.8) is 0 Å². The van der Waals surface area contributed by atoms with Crippen LogP contribution in [0.3, 0.4) is 0 Å². The van der Waals surface area contributed by atoms with Gasteiger partial charge in [0.25, 0.3) is 5.69 Å². The lowest BCUT2D eigenvalue weighted by Gasteiger charge is -2.09. The highest BCUT2D eigenvalue weighted by Crippen LogP contribution is 2.27. The minimum atomic E-state index is -0.397. The van der Waals surface area contributed by atoms with Gasteiger partial charge in [-0.05, 0) is 39.7 Å². The minimum absolute atomic E-state index is 0.0695. The quantitative estimate of drug-likeness (QED) is 0.662. The first kappa shape index (κ1) is 14.3. The van der Waals surface area contributed by atoms with Gasteiger partial charge < -0.3 is 10.1 Å². The fourth-order valence-corrected chi connectivity index (χ4v) is 2.39. The highest BCUT2D eigenvalue weighted by molar-refractivity contribution is 9.10. The predicted molar refractivity (Wildman–Crippen MR) is 81.1 cm³/mol. The van der Waals surface area contributed by atoms with E-state index >= 15 is 0 Å². The van der Waals surface area contributed by atoms with Gasteiger partial charge in [0.15, 0.2) is 0 Å². The molecule has 0 aromatic heterocycles. The maximum atomic E-state index is 10.9. The first-order chi connectivity index (χ1) is 9.61. The van der Waals surface area contributed by atoms with Crippen molar-refractivity contribution in [3.8, 4) is 5.75 Å². The molecule has 0 aliphatic carbocycles. The largest absolute Gasteiger partial charge is 0.496 e. The van der Waals surface area contributed by atoms with Gasteiger partial charge in [-0.3, -0.25) is 10.1 Å². The summed E-state index contributed by atoms with van der Waals surface area (Å²) in [6.45, 7) is 0.493. The van der Waals surface area contributed by atoms with Gasteiger partial charge in [0, 0.05) is 12.6 Å². The number of anilines is 1. The van der Waals surface area contributed by atoms with Crippen LogP contribution >= 0.6 is 15.9 Å². The van der Waals surface area contributed by atoms with Gasteiger partial charge in [0.2, 0.25) is 0 Å². The lowest BCUT2D eigenvalue weighted by molar-refractivity contribution is -0.384. The maximum Gasteiger partial charge on any atom is 0.292 e. The summed E-state index contributed by atoms with van der Waals surface area (Å²) in [5, 5.41) is 14.0. The van der Waals surface area contributed by atoms with Gasteiger partial charge in [0.1, 0.15) is 11.4 Å². The molecule has 0 unspecified atom stereocenters. The third kappa shape index (κ3) is 3.27. The van der Waals surface area contributed by atoms with Crippen molar-refractivity contribution in [2.75, 3.05) is 12.4 Å². The predicted octanol–water partition coefficient (Wildman–Crippen LogP) is 3.98. The Bertz CT molecular complexity index is 632. The summed E-state index contributed by atoms with van der Waals surface area (Å²) in [5.74, 6) is 0.749. The van der Waals surface area contributed by atoms with Crippen molar-refractivity contribution in [1.29, 1.82) is 0 Å². The summed E-state index contributed by atoms with van der Waals surface area (Å²) in [6, 6.07) is 12.3. The molecule has 0 aliphatic heterocycles. The van der Waals surface area contributed by atoms with Crippen LogP contribution in [0.1, 0.15) is 5.56 Å². The van der Waals surface area contributed by atoms with Crippen molar-refractivity contribution >= 4 is 27.3 Å². The van der Waals surface area contributed by atoms with Gasteiger partial charge in [-0.1, -0.05) is 18.2 Å². The van der Waals surface area contributed by atoms with Crippen LogP contribution in [0.25, 0.3) is 0 Å². The second-order valence-electron chi connectivity index (χ2n) is 4.10. The molecule has 104 valence electrons. The topological polar surface area (TPSA) is 64.4 Å². The van der Waals surface area contributed by atoms with E-state index in [1.165, 1.54) is 6.07 Å². The number of methoxy groups -OCH3 is 1. The number of para-hydroxylation sites is 2. The van der Waals surface area contributed by atoms with E-state index in [4.69, 9.17) is 4.74 Å². The van der Waals surface area contributed by atoms with E-state index in [1.54, 1.807) is 25.3 Å². The summed E-state index contributed by atoms with van der Waals surface area (Å²) in [4.78, 5) is 10.5. The molecule has 0 heterocycles. The molecule has 0 aliphatic rings. The number of nitrogens with one attached hydrogen (secondary N) is 1. The van der Waals surface area contributed by atoms with Gasteiger partial charge in [0.05, 0.1) is 16.5 Å². The van der Waals surface area contributed by atoms with Crippen LogP contribution in [-0.2, 0) is 6.54 Å². The maximum absolute atomic E-state index is 10.9. The van der Waals surface area contributed by atoms with E-state index in [0.29, 0.717) is 12.2 Å². The Hall–Kier alpha value is -2.08. The fraction of sp³-hybridized carbons (Fsp3) is 0.143. The third-order valence-corrected chi connectivity index (χ3v) is 3.42. The molecule has 2 aromatic rings. The average Bonchev–Trinajstić information content (AvgIpc) is 2.45. The van der Waals surface area contributed by atoms with Crippen LogP contribution in [0.5, 0.6) is 5.75 Å². The second-order valence-corrected chi connectivity index (χ2v) is 4.95. The number of ether oxygens (including phenoxy) is 1. The molecule has 0 saturated carbocycles. The van der Waals surface area contributed by atoms with Crippen LogP contribution in [0.4, 0.5) is 11.4 Å². The number of rotatable bonds is 5. The lowest BCUT2D eigenvalue weighted by atomic mass is 10.2. The summed E-state index contributed by atoms with van der Waals surface area (Å²) in [5.41, 5.74) is 1.57. The molecule has 20 heavy (non-hydrogen) atoms. The van der Waals surface area contributed by atoms with Crippen LogP contribution in [0, 0.1) is 10.1 Å². The van der Waals surface area contributed by atoms with Crippen LogP contribution in [-0.4, -0.2) is 12.0 Å². The number of halogens is 1. The number of nitrogens with zero attached hydrogens (tertiary/aromatic N) is 1. The molecule has 0 atom stereocenters. The normalized spacial score (nSPS) is 10.1. The van der Waals surface area contributed by atoms with E-state index in [0.717, 1.165) is 15.8 Å². The Labute approximate surface area is 124 Å². The fourth-order valence-electron chi connectivity index (χ4n) is 1.80. The van der Waals surface area contributed by atoms with Gasteiger partial charge in [-0.15, -0.1) is 0 Å².